The second-order valence-corrected chi connectivity index (χ2v) is 6.96. The molecule has 3 rings (SSSR count). The summed E-state index contributed by atoms with van der Waals surface area (Å²) < 4.78 is 10.6. The molecule has 0 atom stereocenters. The zero-order chi connectivity index (χ0) is 20.3. The van der Waals surface area contributed by atoms with Crippen LogP contribution in [0.25, 0.3) is 6.08 Å². The van der Waals surface area contributed by atoms with Crippen LogP contribution in [0.2, 0.25) is 0 Å². The first-order valence-electron chi connectivity index (χ1n) is 9.04. The molecular formula is C22H24N2O4. The van der Waals surface area contributed by atoms with Gasteiger partial charge in [0, 0.05) is 18.8 Å². The van der Waals surface area contributed by atoms with Gasteiger partial charge in [-0.25, -0.2) is 0 Å². The van der Waals surface area contributed by atoms with Crippen LogP contribution in [0.4, 0.5) is 5.69 Å². The number of anilines is 1. The van der Waals surface area contributed by atoms with E-state index >= 15 is 0 Å². The second kappa shape index (κ2) is 8.17. The van der Waals surface area contributed by atoms with E-state index in [1.807, 2.05) is 45.0 Å². The number of carbonyl (C=O) groups is 2. The number of likely N-dealkylation sites (N-methyl/N-ethyl adjacent to an activating group) is 1. The van der Waals surface area contributed by atoms with Crippen molar-refractivity contribution in [1.82, 2.24) is 4.90 Å². The van der Waals surface area contributed by atoms with Gasteiger partial charge in [0.25, 0.3) is 0 Å². The molecule has 0 aliphatic carbocycles. The lowest BCUT2D eigenvalue weighted by Gasteiger charge is -2.17. The van der Waals surface area contributed by atoms with E-state index in [0.717, 1.165) is 27.9 Å². The summed E-state index contributed by atoms with van der Waals surface area (Å²) in [5, 5.41) is 2.91. The van der Waals surface area contributed by atoms with Gasteiger partial charge in [-0.1, -0.05) is 23.8 Å². The summed E-state index contributed by atoms with van der Waals surface area (Å²) in [7, 11) is 1.60. The minimum atomic E-state index is -0.259. The SMILES string of the molecule is Cc1cc(C)c(NC(=O)CN(C)C(=O)/C=C/c2ccc3c(c2)OCO3)c(C)c1. The maximum Gasteiger partial charge on any atom is 0.246 e. The highest BCUT2D eigenvalue weighted by atomic mass is 16.7. The lowest BCUT2D eigenvalue weighted by Crippen LogP contribution is -2.34. The van der Waals surface area contributed by atoms with Crippen LogP contribution >= 0.6 is 0 Å². The van der Waals surface area contributed by atoms with Crippen molar-refractivity contribution in [3.8, 4) is 11.5 Å². The van der Waals surface area contributed by atoms with Crippen molar-refractivity contribution in [2.75, 3.05) is 25.7 Å². The van der Waals surface area contributed by atoms with Gasteiger partial charge in [-0.2, -0.15) is 0 Å². The van der Waals surface area contributed by atoms with Crippen molar-refractivity contribution in [3.05, 3.63) is 58.7 Å². The van der Waals surface area contributed by atoms with Gasteiger partial charge < -0.3 is 19.7 Å². The van der Waals surface area contributed by atoms with Crippen molar-refractivity contribution in [2.45, 2.75) is 20.8 Å². The molecule has 0 unspecified atom stereocenters. The summed E-state index contributed by atoms with van der Waals surface area (Å²) in [5.41, 5.74) is 4.77. The maximum absolute atomic E-state index is 12.4. The molecule has 146 valence electrons. The Morgan fingerprint density at radius 3 is 2.46 bits per heavy atom. The Bertz CT molecular complexity index is 927. The minimum Gasteiger partial charge on any atom is -0.454 e. The monoisotopic (exact) mass is 380 g/mol. The lowest BCUT2D eigenvalue weighted by atomic mass is 10.1. The number of nitrogens with zero attached hydrogens (tertiary/aromatic N) is 1. The maximum atomic E-state index is 12.4. The Hall–Kier alpha value is -3.28. The quantitative estimate of drug-likeness (QED) is 0.807. The number of aryl methyl sites for hydroxylation is 3. The molecule has 28 heavy (non-hydrogen) atoms. The van der Waals surface area contributed by atoms with Crippen molar-refractivity contribution < 1.29 is 19.1 Å². The molecule has 6 nitrogen and oxygen atoms in total. The number of hydrogen-bond acceptors (Lipinski definition) is 4. The summed E-state index contributed by atoms with van der Waals surface area (Å²) in [4.78, 5) is 26.1. The van der Waals surface area contributed by atoms with Crippen LogP contribution in [0.15, 0.2) is 36.4 Å². The molecule has 2 aromatic carbocycles. The standard InChI is InChI=1S/C22H24N2O4/c1-14-9-15(2)22(16(3)10-14)23-20(25)12-24(4)21(26)8-6-17-5-7-18-19(11-17)28-13-27-18/h5-11H,12-13H2,1-4H3,(H,23,25)/b8-6+. The Labute approximate surface area is 164 Å². The average Bonchev–Trinajstić information content (AvgIpc) is 3.10. The van der Waals surface area contributed by atoms with Crippen LogP contribution in [0.5, 0.6) is 11.5 Å². The third kappa shape index (κ3) is 4.52. The molecule has 0 spiro atoms. The van der Waals surface area contributed by atoms with E-state index in [2.05, 4.69) is 5.32 Å². The Morgan fingerprint density at radius 1 is 1.07 bits per heavy atom. The highest BCUT2D eigenvalue weighted by Gasteiger charge is 2.14. The topological polar surface area (TPSA) is 67.9 Å². The molecule has 1 aliphatic heterocycles. The number of rotatable bonds is 5. The summed E-state index contributed by atoms with van der Waals surface area (Å²) >= 11 is 0. The largest absolute Gasteiger partial charge is 0.454 e. The molecular weight excluding hydrogens is 356 g/mol. The first kappa shape index (κ1) is 19.5. The third-order valence-corrected chi connectivity index (χ3v) is 4.51. The average molecular weight is 380 g/mol. The van der Waals surface area contributed by atoms with Crippen LogP contribution in [0.3, 0.4) is 0 Å². The first-order chi connectivity index (χ1) is 13.3. The zero-order valence-corrected chi connectivity index (χ0v) is 16.5. The minimum absolute atomic E-state index is 0.0307. The molecule has 2 aromatic rings. The fraction of sp³-hybridized carbons (Fsp3) is 0.273. The Kier molecular flexibility index (Phi) is 5.68. The molecule has 0 fully saturated rings. The van der Waals surface area contributed by atoms with E-state index in [1.165, 1.54) is 11.0 Å². The Balaban J connectivity index is 1.58. The summed E-state index contributed by atoms with van der Waals surface area (Å²) in [5.74, 6) is 0.859. The normalized spacial score (nSPS) is 12.3. The molecule has 6 heteroatoms. The van der Waals surface area contributed by atoms with Crippen LogP contribution in [0.1, 0.15) is 22.3 Å². The van der Waals surface area contributed by atoms with Gasteiger partial charge >= 0.3 is 0 Å². The number of amides is 2. The number of fused-ring (bicyclic) bond motifs is 1. The van der Waals surface area contributed by atoms with Gasteiger partial charge in [0.1, 0.15) is 0 Å². The van der Waals surface area contributed by atoms with Crippen molar-refractivity contribution >= 4 is 23.6 Å². The van der Waals surface area contributed by atoms with Crippen LogP contribution in [-0.4, -0.2) is 37.1 Å². The van der Waals surface area contributed by atoms with Crippen molar-refractivity contribution in [1.29, 1.82) is 0 Å². The molecule has 0 bridgehead atoms. The predicted octanol–water partition coefficient (Wildman–Crippen LogP) is 3.45. The van der Waals surface area contributed by atoms with Gasteiger partial charge in [-0.05, 0) is 55.7 Å². The van der Waals surface area contributed by atoms with E-state index in [-0.39, 0.29) is 25.2 Å². The van der Waals surface area contributed by atoms with Gasteiger partial charge in [-0.15, -0.1) is 0 Å². The van der Waals surface area contributed by atoms with E-state index in [4.69, 9.17) is 9.47 Å². The highest BCUT2D eigenvalue weighted by molar-refractivity contribution is 5.98. The molecule has 0 aromatic heterocycles. The van der Waals surface area contributed by atoms with E-state index in [1.54, 1.807) is 19.2 Å². The molecule has 2 amide bonds. The lowest BCUT2D eigenvalue weighted by molar-refractivity contribution is -0.129. The number of benzene rings is 2. The van der Waals surface area contributed by atoms with Gasteiger partial charge in [0.15, 0.2) is 11.5 Å². The fourth-order valence-electron chi connectivity index (χ4n) is 3.16. The van der Waals surface area contributed by atoms with Crippen LogP contribution < -0.4 is 14.8 Å². The number of carbonyl (C=O) groups excluding carboxylic acids is 2. The van der Waals surface area contributed by atoms with E-state index < -0.39 is 0 Å². The molecule has 1 heterocycles. The van der Waals surface area contributed by atoms with E-state index in [0.29, 0.717) is 11.5 Å². The third-order valence-electron chi connectivity index (χ3n) is 4.51. The van der Waals surface area contributed by atoms with Gasteiger partial charge in [0.2, 0.25) is 18.6 Å². The van der Waals surface area contributed by atoms with Crippen molar-refractivity contribution in [3.63, 3.8) is 0 Å². The molecule has 0 saturated heterocycles. The molecule has 0 saturated carbocycles. The Morgan fingerprint density at radius 2 is 1.75 bits per heavy atom. The molecule has 0 radical (unpaired) electrons. The summed E-state index contributed by atoms with van der Waals surface area (Å²) in [6.07, 6.45) is 3.13. The van der Waals surface area contributed by atoms with Gasteiger partial charge in [0.05, 0.1) is 6.54 Å². The summed E-state index contributed by atoms with van der Waals surface area (Å²) in [6.45, 7) is 6.11. The molecule has 1 aliphatic rings. The first-order valence-corrected chi connectivity index (χ1v) is 9.04. The highest BCUT2D eigenvalue weighted by Crippen LogP contribution is 2.32. The zero-order valence-electron chi connectivity index (χ0n) is 16.5. The van der Waals surface area contributed by atoms with Gasteiger partial charge in [-0.3, -0.25) is 9.59 Å². The predicted molar refractivity (Wildman–Crippen MR) is 109 cm³/mol. The van der Waals surface area contributed by atoms with Crippen LogP contribution in [-0.2, 0) is 9.59 Å². The fourth-order valence-corrected chi connectivity index (χ4v) is 3.16. The number of ether oxygens (including phenoxy) is 2. The van der Waals surface area contributed by atoms with Crippen molar-refractivity contribution in [2.24, 2.45) is 0 Å². The van der Waals surface area contributed by atoms with Crippen LogP contribution in [0, 0.1) is 20.8 Å². The smallest absolute Gasteiger partial charge is 0.246 e. The second-order valence-electron chi connectivity index (χ2n) is 6.96. The van der Waals surface area contributed by atoms with E-state index in [9.17, 15) is 9.59 Å². The number of hydrogen-bond donors (Lipinski definition) is 1. The molecule has 1 N–H and O–H groups in total. The number of nitrogens with one attached hydrogen (secondary N) is 1. The summed E-state index contributed by atoms with van der Waals surface area (Å²) in [6, 6.07) is 9.49.